The Morgan fingerprint density at radius 1 is 1.44 bits per heavy atom. The topological polar surface area (TPSA) is 36.1 Å². The SMILES string of the molecule is CC(C)C1(C)CNNN1. The van der Waals surface area contributed by atoms with Crippen LogP contribution in [0.2, 0.25) is 0 Å². The minimum absolute atomic E-state index is 0.222. The van der Waals surface area contributed by atoms with Crippen molar-refractivity contribution in [3.8, 4) is 0 Å². The predicted molar refractivity (Wildman–Crippen MR) is 37.5 cm³/mol. The third kappa shape index (κ3) is 1.23. The third-order valence-corrected chi connectivity index (χ3v) is 2.17. The van der Waals surface area contributed by atoms with E-state index in [0.717, 1.165) is 6.54 Å². The summed E-state index contributed by atoms with van der Waals surface area (Å²) in [5.74, 6) is 0.653. The Balaban J connectivity index is 2.51. The van der Waals surface area contributed by atoms with Crippen LogP contribution in [0.5, 0.6) is 0 Å². The minimum Gasteiger partial charge on any atom is -0.242 e. The van der Waals surface area contributed by atoms with Crippen molar-refractivity contribution in [2.45, 2.75) is 26.3 Å². The van der Waals surface area contributed by atoms with Gasteiger partial charge in [-0.3, -0.25) is 0 Å². The molecule has 3 N–H and O–H groups in total. The lowest BCUT2D eigenvalue weighted by Gasteiger charge is -2.26. The van der Waals surface area contributed by atoms with E-state index < -0.39 is 0 Å². The molecule has 0 spiro atoms. The maximum Gasteiger partial charge on any atom is 0.0470 e. The highest BCUT2D eigenvalue weighted by atomic mass is 15.7. The van der Waals surface area contributed by atoms with E-state index in [2.05, 4.69) is 37.2 Å². The van der Waals surface area contributed by atoms with Crippen LogP contribution in [0.15, 0.2) is 0 Å². The number of hydrazine groups is 2. The molecule has 3 nitrogen and oxygen atoms in total. The molecule has 0 aromatic rings. The number of hydrogen-bond donors (Lipinski definition) is 3. The summed E-state index contributed by atoms with van der Waals surface area (Å²) in [5.41, 5.74) is 9.32. The smallest absolute Gasteiger partial charge is 0.0470 e. The number of hydrogen-bond acceptors (Lipinski definition) is 3. The summed E-state index contributed by atoms with van der Waals surface area (Å²) < 4.78 is 0. The molecule has 0 aliphatic carbocycles. The Morgan fingerprint density at radius 3 is 2.33 bits per heavy atom. The van der Waals surface area contributed by atoms with Crippen LogP contribution in [0.1, 0.15) is 20.8 Å². The zero-order chi connectivity index (χ0) is 6.91. The molecule has 1 saturated heterocycles. The molecule has 1 aliphatic rings. The Labute approximate surface area is 56.1 Å². The van der Waals surface area contributed by atoms with Crippen LogP contribution in [0, 0.1) is 5.92 Å². The molecule has 0 bridgehead atoms. The van der Waals surface area contributed by atoms with Crippen LogP contribution in [0.25, 0.3) is 0 Å². The van der Waals surface area contributed by atoms with Gasteiger partial charge in [0.05, 0.1) is 0 Å². The summed E-state index contributed by atoms with van der Waals surface area (Å²) in [6.45, 7) is 7.61. The summed E-state index contributed by atoms with van der Waals surface area (Å²) in [4.78, 5) is 0. The first-order valence-corrected chi connectivity index (χ1v) is 3.40. The van der Waals surface area contributed by atoms with E-state index in [9.17, 15) is 0 Å². The van der Waals surface area contributed by atoms with Crippen molar-refractivity contribution in [1.82, 2.24) is 16.4 Å². The van der Waals surface area contributed by atoms with Gasteiger partial charge in [-0.25, -0.2) is 10.9 Å². The Morgan fingerprint density at radius 2 is 2.11 bits per heavy atom. The van der Waals surface area contributed by atoms with Crippen molar-refractivity contribution in [1.29, 1.82) is 0 Å². The van der Waals surface area contributed by atoms with Gasteiger partial charge in [-0.05, 0) is 12.8 Å². The van der Waals surface area contributed by atoms with Gasteiger partial charge in [0.2, 0.25) is 0 Å². The first-order chi connectivity index (χ1) is 4.15. The number of rotatable bonds is 1. The first-order valence-electron chi connectivity index (χ1n) is 3.40. The summed E-state index contributed by atoms with van der Waals surface area (Å²) in [5, 5.41) is 0. The molecular formula is C6H15N3. The minimum atomic E-state index is 0.222. The van der Waals surface area contributed by atoms with Crippen molar-refractivity contribution < 1.29 is 0 Å². The zero-order valence-corrected chi connectivity index (χ0v) is 6.28. The van der Waals surface area contributed by atoms with E-state index in [-0.39, 0.29) is 5.54 Å². The molecule has 0 aromatic heterocycles. The molecule has 9 heavy (non-hydrogen) atoms. The lowest BCUT2D eigenvalue weighted by molar-refractivity contribution is 0.303. The highest BCUT2D eigenvalue weighted by Gasteiger charge is 2.30. The lowest BCUT2D eigenvalue weighted by Crippen LogP contribution is -2.46. The van der Waals surface area contributed by atoms with E-state index in [0.29, 0.717) is 5.92 Å². The fraction of sp³-hybridized carbons (Fsp3) is 1.00. The second kappa shape index (κ2) is 2.25. The van der Waals surface area contributed by atoms with Crippen LogP contribution in [0.4, 0.5) is 0 Å². The van der Waals surface area contributed by atoms with Gasteiger partial charge < -0.3 is 0 Å². The highest BCUT2D eigenvalue weighted by Crippen LogP contribution is 2.15. The Hall–Kier alpha value is -0.120. The molecule has 1 aliphatic heterocycles. The van der Waals surface area contributed by atoms with Crippen LogP contribution in [0.3, 0.4) is 0 Å². The monoisotopic (exact) mass is 129 g/mol. The van der Waals surface area contributed by atoms with Gasteiger partial charge in [-0.1, -0.05) is 13.8 Å². The fourth-order valence-corrected chi connectivity index (χ4v) is 0.807. The largest absolute Gasteiger partial charge is 0.242 e. The third-order valence-electron chi connectivity index (χ3n) is 2.17. The van der Waals surface area contributed by atoms with E-state index in [1.54, 1.807) is 0 Å². The Kier molecular flexibility index (Phi) is 1.75. The quantitative estimate of drug-likeness (QED) is 0.467. The molecule has 0 radical (unpaired) electrons. The van der Waals surface area contributed by atoms with E-state index >= 15 is 0 Å². The van der Waals surface area contributed by atoms with Crippen LogP contribution < -0.4 is 16.4 Å². The van der Waals surface area contributed by atoms with Crippen molar-refractivity contribution in [2.75, 3.05) is 6.54 Å². The van der Waals surface area contributed by atoms with E-state index in [4.69, 9.17) is 0 Å². The van der Waals surface area contributed by atoms with Crippen LogP contribution in [-0.2, 0) is 0 Å². The summed E-state index contributed by atoms with van der Waals surface area (Å²) in [6, 6.07) is 0. The van der Waals surface area contributed by atoms with Gasteiger partial charge in [0.15, 0.2) is 0 Å². The molecule has 1 heterocycles. The van der Waals surface area contributed by atoms with Crippen molar-refractivity contribution in [2.24, 2.45) is 5.92 Å². The van der Waals surface area contributed by atoms with Crippen molar-refractivity contribution in [3.05, 3.63) is 0 Å². The number of nitrogens with one attached hydrogen (secondary N) is 3. The van der Waals surface area contributed by atoms with Gasteiger partial charge in [0, 0.05) is 12.1 Å². The molecular weight excluding hydrogens is 114 g/mol. The predicted octanol–water partition coefficient (Wildman–Crippen LogP) is 0.0135. The van der Waals surface area contributed by atoms with Crippen LogP contribution in [-0.4, -0.2) is 12.1 Å². The second-order valence-corrected chi connectivity index (χ2v) is 3.18. The zero-order valence-electron chi connectivity index (χ0n) is 6.28. The second-order valence-electron chi connectivity index (χ2n) is 3.18. The van der Waals surface area contributed by atoms with E-state index in [1.165, 1.54) is 0 Å². The first kappa shape index (κ1) is 6.99. The standard InChI is InChI=1S/C6H15N3/c1-5(2)6(3)4-7-9-8-6/h5,7-9H,4H2,1-3H3. The summed E-state index contributed by atoms with van der Waals surface area (Å²) >= 11 is 0. The van der Waals surface area contributed by atoms with Crippen LogP contribution >= 0.6 is 0 Å². The molecule has 1 fully saturated rings. The fourth-order valence-electron chi connectivity index (χ4n) is 0.807. The van der Waals surface area contributed by atoms with Gasteiger partial charge in [-0.15, -0.1) is 0 Å². The van der Waals surface area contributed by atoms with Gasteiger partial charge >= 0.3 is 0 Å². The lowest BCUT2D eigenvalue weighted by atomic mass is 9.90. The molecule has 0 amide bonds. The average Bonchev–Trinajstić information content (AvgIpc) is 2.16. The van der Waals surface area contributed by atoms with Crippen molar-refractivity contribution >= 4 is 0 Å². The molecule has 0 aromatic carbocycles. The molecule has 1 atom stereocenters. The maximum atomic E-state index is 3.17. The van der Waals surface area contributed by atoms with Crippen molar-refractivity contribution in [3.63, 3.8) is 0 Å². The highest BCUT2D eigenvalue weighted by molar-refractivity contribution is 4.89. The molecule has 1 unspecified atom stereocenters. The maximum absolute atomic E-state index is 3.17. The normalized spacial score (nSPS) is 36.0. The summed E-state index contributed by atoms with van der Waals surface area (Å²) in [7, 11) is 0. The molecule has 54 valence electrons. The molecule has 0 saturated carbocycles. The van der Waals surface area contributed by atoms with E-state index in [1.807, 2.05) is 0 Å². The van der Waals surface area contributed by atoms with Gasteiger partial charge in [0.1, 0.15) is 0 Å². The van der Waals surface area contributed by atoms with Gasteiger partial charge in [0.25, 0.3) is 0 Å². The average molecular weight is 129 g/mol. The summed E-state index contributed by atoms with van der Waals surface area (Å²) in [6.07, 6.45) is 0. The molecule has 3 heteroatoms. The van der Waals surface area contributed by atoms with Gasteiger partial charge in [-0.2, -0.15) is 5.53 Å². The Bertz CT molecular complexity index is 94.5. The molecule has 1 rings (SSSR count).